The van der Waals surface area contributed by atoms with Gasteiger partial charge in [-0.15, -0.1) is 0 Å². The fourth-order valence-corrected chi connectivity index (χ4v) is 1.81. The minimum Gasteiger partial charge on any atom is -0.481 e. The highest BCUT2D eigenvalue weighted by atomic mass is 16.4. The van der Waals surface area contributed by atoms with Gasteiger partial charge in [-0.1, -0.05) is 25.1 Å². The first-order valence-electron chi connectivity index (χ1n) is 6.34. The van der Waals surface area contributed by atoms with Gasteiger partial charge in [0.25, 0.3) is 0 Å². The van der Waals surface area contributed by atoms with Crippen LogP contribution in [0.4, 0.5) is 0 Å². The fraction of sp³-hybridized carbons (Fsp3) is 0.467. The summed E-state index contributed by atoms with van der Waals surface area (Å²) in [7, 11) is 1.64. The van der Waals surface area contributed by atoms with Crippen LogP contribution >= 0.6 is 0 Å². The third kappa shape index (κ3) is 4.39. The highest BCUT2D eigenvalue weighted by Crippen LogP contribution is 2.11. The average molecular weight is 263 g/mol. The van der Waals surface area contributed by atoms with Crippen molar-refractivity contribution in [2.75, 3.05) is 13.6 Å². The largest absolute Gasteiger partial charge is 0.481 e. The Bertz CT molecular complexity index is 482. The minimum atomic E-state index is -0.883. The van der Waals surface area contributed by atoms with Crippen molar-refractivity contribution >= 4 is 11.9 Å². The summed E-state index contributed by atoms with van der Waals surface area (Å²) in [6, 6.07) is 5.94. The summed E-state index contributed by atoms with van der Waals surface area (Å²) in [6.45, 7) is 5.88. The Kier molecular flexibility index (Phi) is 5.10. The molecule has 0 heterocycles. The van der Waals surface area contributed by atoms with Gasteiger partial charge in [-0.25, -0.2) is 0 Å². The Morgan fingerprint density at radius 1 is 1.26 bits per heavy atom. The lowest BCUT2D eigenvalue weighted by atomic mass is 10.0. The van der Waals surface area contributed by atoms with E-state index in [9.17, 15) is 9.59 Å². The van der Waals surface area contributed by atoms with E-state index < -0.39 is 11.9 Å². The molecule has 0 aromatic heterocycles. The number of carbonyl (C=O) groups is 2. The van der Waals surface area contributed by atoms with E-state index in [1.807, 2.05) is 32.0 Å². The third-order valence-electron chi connectivity index (χ3n) is 3.32. The summed E-state index contributed by atoms with van der Waals surface area (Å²) in [4.78, 5) is 24.2. The average Bonchev–Trinajstić information content (AvgIpc) is 2.33. The number of aliphatic carboxylic acids is 1. The number of aryl methyl sites for hydroxylation is 2. The van der Waals surface area contributed by atoms with Crippen molar-refractivity contribution in [3.63, 3.8) is 0 Å². The Hall–Kier alpha value is -1.84. The second-order valence-corrected chi connectivity index (χ2v) is 5.11. The molecule has 1 aromatic carbocycles. The number of likely N-dealkylation sites (N-methyl/N-ethyl adjacent to an activating group) is 1. The summed E-state index contributed by atoms with van der Waals surface area (Å²) < 4.78 is 0. The zero-order chi connectivity index (χ0) is 14.6. The molecule has 0 bridgehead atoms. The molecule has 0 saturated heterocycles. The number of hydrogen-bond donors (Lipinski definition) is 1. The van der Waals surface area contributed by atoms with E-state index in [1.54, 1.807) is 14.0 Å². The lowest BCUT2D eigenvalue weighted by Gasteiger charge is -2.19. The molecule has 1 aromatic rings. The number of hydrogen-bond acceptors (Lipinski definition) is 2. The van der Waals surface area contributed by atoms with Gasteiger partial charge < -0.3 is 10.0 Å². The van der Waals surface area contributed by atoms with E-state index in [2.05, 4.69) is 0 Å². The third-order valence-corrected chi connectivity index (χ3v) is 3.32. The predicted molar refractivity (Wildman–Crippen MR) is 74.1 cm³/mol. The molecular formula is C15H21NO3. The number of carboxylic acids is 1. The molecule has 1 rings (SSSR count). The first-order valence-corrected chi connectivity index (χ1v) is 6.34. The Labute approximate surface area is 114 Å². The summed E-state index contributed by atoms with van der Waals surface area (Å²) in [6.07, 6.45) is 0.309. The van der Waals surface area contributed by atoms with Crippen molar-refractivity contribution in [3.05, 3.63) is 34.9 Å². The maximum Gasteiger partial charge on any atom is 0.308 e. The number of carboxylic acid groups (broad SMARTS) is 1. The number of rotatable bonds is 5. The highest BCUT2D eigenvalue weighted by Gasteiger charge is 2.17. The molecule has 1 atom stereocenters. The lowest BCUT2D eigenvalue weighted by molar-refractivity contribution is -0.142. The van der Waals surface area contributed by atoms with E-state index in [4.69, 9.17) is 5.11 Å². The zero-order valence-electron chi connectivity index (χ0n) is 11.9. The Morgan fingerprint density at radius 3 is 2.42 bits per heavy atom. The van der Waals surface area contributed by atoms with Crippen LogP contribution in [0.5, 0.6) is 0 Å². The number of benzene rings is 1. The van der Waals surface area contributed by atoms with Crippen LogP contribution in [0.2, 0.25) is 0 Å². The molecule has 0 aliphatic rings. The van der Waals surface area contributed by atoms with Gasteiger partial charge in [-0.05, 0) is 30.5 Å². The van der Waals surface area contributed by atoms with E-state index in [0.29, 0.717) is 6.42 Å². The van der Waals surface area contributed by atoms with Gasteiger partial charge in [-0.3, -0.25) is 9.59 Å². The van der Waals surface area contributed by atoms with Gasteiger partial charge >= 0.3 is 5.97 Å². The van der Waals surface area contributed by atoms with Crippen LogP contribution in [0.25, 0.3) is 0 Å². The van der Waals surface area contributed by atoms with Crippen molar-refractivity contribution in [1.29, 1.82) is 0 Å². The monoisotopic (exact) mass is 263 g/mol. The van der Waals surface area contributed by atoms with E-state index >= 15 is 0 Å². The van der Waals surface area contributed by atoms with E-state index in [1.165, 1.54) is 10.5 Å². The topological polar surface area (TPSA) is 57.6 Å². The summed E-state index contributed by atoms with van der Waals surface area (Å²) in [5.74, 6) is -1.49. The molecule has 4 nitrogen and oxygen atoms in total. The maximum atomic E-state index is 12.0. The van der Waals surface area contributed by atoms with Crippen LogP contribution < -0.4 is 0 Å². The fourth-order valence-electron chi connectivity index (χ4n) is 1.81. The molecule has 0 saturated carbocycles. The van der Waals surface area contributed by atoms with Gasteiger partial charge in [0.1, 0.15) is 0 Å². The van der Waals surface area contributed by atoms with Gasteiger partial charge in [0.15, 0.2) is 0 Å². The molecule has 4 heteroatoms. The Balaban J connectivity index is 2.63. The number of carbonyl (C=O) groups excluding carboxylic acids is 1. The Morgan fingerprint density at radius 2 is 1.89 bits per heavy atom. The van der Waals surface area contributed by atoms with Gasteiger partial charge in [-0.2, -0.15) is 0 Å². The molecule has 0 aliphatic carbocycles. The zero-order valence-corrected chi connectivity index (χ0v) is 11.9. The van der Waals surface area contributed by atoms with Crippen LogP contribution in [0, 0.1) is 19.8 Å². The van der Waals surface area contributed by atoms with Gasteiger partial charge in [0.05, 0.1) is 12.3 Å². The molecule has 0 radical (unpaired) electrons. The smallest absolute Gasteiger partial charge is 0.308 e. The predicted octanol–water partition coefficient (Wildman–Crippen LogP) is 2.03. The summed E-state index contributed by atoms with van der Waals surface area (Å²) in [5.41, 5.74) is 3.32. The molecule has 19 heavy (non-hydrogen) atoms. The molecule has 104 valence electrons. The SMILES string of the molecule is Cc1ccc(CC(=O)N(C)CC(C)C(=O)O)cc1C. The quantitative estimate of drug-likeness (QED) is 0.884. The normalized spacial score (nSPS) is 12.0. The summed E-state index contributed by atoms with van der Waals surface area (Å²) in [5, 5.41) is 8.83. The maximum absolute atomic E-state index is 12.0. The second-order valence-electron chi connectivity index (χ2n) is 5.11. The van der Waals surface area contributed by atoms with Crippen molar-refractivity contribution in [1.82, 2.24) is 4.90 Å². The lowest BCUT2D eigenvalue weighted by Crippen LogP contribution is -2.34. The first kappa shape index (κ1) is 15.2. The van der Waals surface area contributed by atoms with Crippen molar-refractivity contribution in [3.8, 4) is 0 Å². The van der Waals surface area contributed by atoms with Crippen molar-refractivity contribution in [2.24, 2.45) is 5.92 Å². The second kappa shape index (κ2) is 6.36. The van der Waals surface area contributed by atoms with Crippen LogP contribution in [-0.4, -0.2) is 35.5 Å². The molecule has 0 fully saturated rings. The van der Waals surface area contributed by atoms with Crippen molar-refractivity contribution < 1.29 is 14.7 Å². The molecule has 0 spiro atoms. The summed E-state index contributed by atoms with van der Waals surface area (Å²) >= 11 is 0. The molecular weight excluding hydrogens is 242 g/mol. The molecule has 1 unspecified atom stereocenters. The van der Waals surface area contributed by atoms with Crippen LogP contribution in [0.1, 0.15) is 23.6 Å². The first-order chi connectivity index (χ1) is 8.81. The number of nitrogens with zero attached hydrogens (tertiary/aromatic N) is 1. The van der Waals surface area contributed by atoms with Crippen LogP contribution in [-0.2, 0) is 16.0 Å². The van der Waals surface area contributed by atoms with E-state index in [0.717, 1.165) is 11.1 Å². The number of amides is 1. The van der Waals surface area contributed by atoms with Gasteiger partial charge in [0.2, 0.25) is 5.91 Å². The van der Waals surface area contributed by atoms with E-state index in [-0.39, 0.29) is 12.5 Å². The molecule has 1 amide bonds. The van der Waals surface area contributed by atoms with Crippen molar-refractivity contribution in [2.45, 2.75) is 27.2 Å². The van der Waals surface area contributed by atoms with Crippen LogP contribution in [0.15, 0.2) is 18.2 Å². The standard InChI is InChI=1S/C15H21NO3/c1-10-5-6-13(7-11(10)2)8-14(17)16(4)9-12(3)15(18)19/h5-7,12H,8-9H2,1-4H3,(H,18,19). The highest BCUT2D eigenvalue weighted by molar-refractivity contribution is 5.79. The van der Waals surface area contributed by atoms with Crippen LogP contribution in [0.3, 0.4) is 0 Å². The molecule has 1 N–H and O–H groups in total. The minimum absolute atomic E-state index is 0.0589. The van der Waals surface area contributed by atoms with Gasteiger partial charge in [0, 0.05) is 13.6 Å². The molecule has 0 aliphatic heterocycles.